The molecule has 4 N–H and O–H groups in total. The lowest BCUT2D eigenvalue weighted by atomic mass is 9.95. The number of carbonyl (C=O) groups excluding carboxylic acids is 1. The maximum atomic E-state index is 11.8. The number of benzene rings is 1. The van der Waals surface area contributed by atoms with E-state index >= 15 is 0 Å². The zero-order valence-electron chi connectivity index (χ0n) is 14.6. The number of amides is 1. The van der Waals surface area contributed by atoms with Gasteiger partial charge in [0.1, 0.15) is 11.8 Å². The molecule has 24 heavy (non-hydrogen) atoms. The molecule has 1 aromatic rings. The van der Waals surface area contributed by atoms with Crippen molar-refractivity contribution in [2.75, 3.05) is 6.61 Å². The fourth-order valence-corrected chi connectivity index (χ4v) is 2.03. The first kappa shape index (κ1) is 19.7. The lowest BCUT2D eigenvalue weighted by Gasteiger charge is -2.25. The Morgan fingerprint density at radius 1 is 1.42 bits per heavy atom. The van der Waals surface area contributed by atoms with Crippen molar-refractivity contribution in [3.63, 3.8) is 0 Å². The standard InChI is InChI=1S/C18H25N3O3/c1-5-6-7-12-24-15-10-8-14(9-11-15)13(2)20-16(17(22)21-23)18(3,4)19/h8-11,16,23H,7,12,19H2,1-4H3,(H,21,22). The van der Waals surface area contributed by atoms with Crippen LogP contribution >= 0.6 is 0 Å². The molecule has 0 saturated heterocycles. The molecule has 6 nitrogen and oxygen atoms in total. The molecule has 1 unspecified atom stereocenters. The van der Waals surface area contributed by atoms with E-state index in [2.05, 4.69) is 16.8 Å². The molecule has 0 aromatic heterocycles. The van der Waals surface area contributed by atoms with Gasteiger partial charge in [-0.1, -0.05) is 0 Å². The van der Waals surface area contributed by atoms with Gasteiger partial charge in [0.2, 0.25) is 0 Å². The van der Waals surface area contributed by atoms with E-state index in [-0.39, 0.29) is 0 Å². The molecule has 130 valence electrons. The van der Waals surface area contributed by atoms with Crippen LogP contribution in [0.15, 0.2) is 29.3 Å². The van der Waals surface area contributed by atoms with Crippen LogP contribution in [0.4, 0.5) is 0 Å². The Hall–Kier alpha value is -2.36. The van der Waals surface area contributed by atoms with Crippen LogP contribution in [-0.4, -0.2) is 35.0 Å². The third kappa shape index (κ3) is 6.03. The average Bonchev–Trinajstić information content (AvgIpc) is 2.55. The van der Waals surface area contributed by atoms with Crippen molar-refractivity contribution in [1.82, 2.24) is 5.48 Å². The number of nitrogens with two attached hydrogens (primary N) is 1. The van der Waals surface area contributed by atoms with Crippen LogP contribution in [0.3, 0.4) is 0 Å². The summed E-state index contributed by atoms with van der Waals surface area (Å²) in [5, 5.41) is 8.86. The van der Waals surface area contributed by atoms with Gasteiger partial charge in [0, 0.05) is 17.7 Å². The van der Waals surface area contributed by atoms with E-state index in [4.69, 9.17) is 15.7 Å². The summed E-state index contributed by atoms with van der Waals surface area (Å²) in [5.41, 5.74) is 8.17. The fraction of sp³-hybridized carbons (Fsp3) is 0.444. The van der Waals surface area contributed by atoms with E-state index in [9.17, 15) is 4.79 Å². The van der Waals surface area contributed by atoms with Gasteiger partial charge < -0.3 is 10.5 Å². The zero-order chi connectivity index (χ0) is 18.2. The third-order valence-corrected chi connectivity index (χ3v) is 3.33. The topological polar surface area (TPSA) is 96.9 Å². The molecule has 1 amide bonds. The summed E-state index contributed by atoms with van der Waals surface area (Å²) in [6, 6.07) is 6.49. The number of nitrogens with one attached hydrogen (secondary N) is 1. The molecule has 0 spiro atoms. The molecule has 0 aliphatic rings. The highest BCUT2D eigenvalue weighted by Crippen LogP contribution is 2.16. The largest absolute Gasteiger partial charge is 0.493 e. The Kier molecular flexibility index (Phi) is 7.43. The Morgan fingerprint density at radius 3 is 2.54 bits per heavy atom. The Labute approximate surface area is 143 Å². The van der Waals surface area contributed by atoms with E-state index in [1.54, 1.807) is 33.2 Å². The van der Waals surface area contributed by atoms with Crippen LogP contribution in [0, 0.1) is 11.8 Å². The molecular formula is C18H25N3O3. The summed E-state index contributed by atoms with van der Waals surface area (Å²) in [7, 11) is 0. The second kappa shape index (κ2) is 9.06. The predicted octanol–water partition coefficient (Wildman–Crippen LogP) is 1.90. The molecule has 0 aliphatic heterocycles. The summed E-state index contributed by atoms with van der Waals surface area (Å²) in [5.74, 6) is 5.86. The highest BCUT2D eigenvalue weighted by Gasteiger charge is 2.31. The number of ether oxygens (including phenoxy) is 1. The highest BCUT2D eigenvalue weighted by atomic mass is 16.5. The lowest BCUT2D eigenvalue weighted by Crippen LogP contribution is -2.52. The number of carbonyl (C=O) groups is 1. The first-order valence-corrected chi connectivity index (χ1v) is 7.69. The maximum Gasteiger partial charge on any atom is 0.269 e. The summed E-state index contributed by atoms with van der Waals surface area (Å²) in [4.78, 5) is 16.1. The monoisotopic (exact) mass is 331 g/mol. The molecule has 1 rings (SSSR count). The van der Waals surface area contributed by atoms with Gasteiger partial charge in [-0.3, -0.25) is 15.0 Å². The van der Waals surface area contributed by atoms with Gasteiger partial charge in [-0.05, 0) is 57.5 Å². The fourth-order valence-electron chi connectivity index (χ4n) is 2.03. The number of aliphatic imine (C=N–C) groups is 1. The maximum absolute atomic E-state index is 11.8. The van der Waals surface area contributed by atoms with Gasteiger partial charge in [-0.15, -0.1) is 11.8 Å². The Balaban J connectivity index is 2.86. The second-order valence-corrected chi connectivity index (χ2v) is 5.96. The molecule has 0 aliphatic carbocycles. The Bertz CT molecular complexity index is 634. The normalized spacial score (nSPS) is 12.8. The molecule has 1 atom stereocenters. The molecule has 0 saturated carbocycles. The van der Waals surface area contributed by atoms with Gasteiger partial charge >= 0.3 is 0 Å². The summed E-state index contributed by atoms with van der Waals surface area (Å²) in [6.45, 7) is 7.48. The molecule has 0 bridgehead atoms. The minimum absolute atomic E-state index is 0.535. The van der Waals surface area contributed by atoms with E-state index in [0.29, 0.717) is 18.7 Å². The number of hydrogen-bond donors (Lipinski definition) is 3. The van der Waals surface area contributed by atoms with E-state index < -0.39 is 17.5 Å². The highest BCUT2D eigenvalue weighted by molar-refractivity contribution is 6.00. The molecule has 1 aromatic carbocycles. The van der Waals surface area contributed by atoms with Gasteiger partial charge in [-0.25, -0.2) is 5.48 Å². The van der Waals surface area contributed by atoms with Crippen molar-refractivity contribution in [3.8, 4) is 17.6 Å². The first-order chi connectivity index (χ1) is 11.3. The van der Waals surface area contributed by atoms with Crippen molar-refractivity contribution in [2.24, 2.45) is 10.7 Å². The summed E-state index contributed by atoms with van der Waals surface area (Å²) < 4.78 is 5.57. The van der Waals surface area contributed by atoms with Crippen LogP contribution in [0.2, 0.25) is 0 Å². The summed E-state index contributed by atoms with van der Waals surface area (Å²) in [6.07, 6.45) is 0.683. The molecule has 0 radical (unpaired) electrons. The SMILES string of the molecule is CC#CCCOc1ccc(C(C)=NC(C(=O)NO)C(C)(C)N)cc1. The molecule has 0 fully saturated rings. The van der Waals surface area contributed by atoms with Crippen molar-refractivity contribution in [3.05, 3.63) is 29.8 Å². The zero-order valence-corrected chi connectivity index (χ0v) is 14.6. The van der Waals surface area contributed by atoms with Crippen molar-refractivity contribution in [1.29, 1.82) is 0 Å². The van der Waals surface area contributed by atoms with Crippen LogP contribution in [-0.2, 0) is 4.79 Å². The quantitative estimate of drug-likeness (QED) is 0.234. The van der Waals surface area contributed by atoms with Crippen LogP contribution in [0.1, 0.15) is 39.7 Å². The van der Waals surface area contributed by atoms with E-state index in [0.717, 1.165) is 11.3 Å². The van der Waals surface area contributed by atoms with E-state index in [1.165, 1.54) is 0 Å². The predicted molar refractivity (Wildman–Crippen MR) is 94.2 cm³/mol. The third-order valence-electron chi connectivity index (χ3n) is 3.33. The van der Waals surface area contributed by atoms with Crippen LogP contribution in [0.5, 0.6) is 5.75 Å². The number of hydrogen-bond acceptors (Lipinski definition) is 5. The molecule has 6 heteroatoms. The molecular weight excluding hydrogens is 306 g/mol. The van der Waals surface area contributed by atoms with Gasteiger partial charge in [-0.2, -0.15) is 0 Å². The number of rotatable bonds is 7. The van der Waals surface area contributed by atoms with Gasteiger partial charge in [0.05, 0.1) is 6.61 Å². The number of nitrogens with zero attached hydrogens (tertiary/aromatic N) is 1. The first-order valence-electron chi connectivity index (χ1n) is 7.69. The minimum Gasteiger partial charge on any atom is -0.493 e. The van der Waals surface area contributed by atoms with Crippen molar-refractivity contribution >= 4 is 11.6 Å². The lowest BCUT2D eigenvalue weighted by molar-refractivity contribution is -0.131. The summed E-state index contributed by atoms with van der Waals surface area (Å²) >= 11 is 0. The van der Waals surface area contributed by atoms with Gasteiger partial charge in [0.15, 0.2) is 0 Å². The van der Waals surface area contributed by atoms with Crippen LogP contribution in [0.25, 0.3) is 0 Å². The van der Waals surface area contributed by atoms with E-state index in [1.807, 2.05) is 24.3 Å². The number of hydroxylamine groups is 1. The molecule has 0 heterocycles. The average molecular weight is 331 g/mol. The smallest absolute Gasteiger partial charge is 0.269 e. The van der Waals surface area contributed by atoms with Crippen molar-refractivity contribution in [2.45, 2.75) is 45.7 Å². The van der Waals surface area contributed by atoms with Gasteiger partial charge in [0.25, 0.3) is 5.91 Å². The second-order valence-electron chi connectivity index (χ2n) is 5.96. The van der Waals surface area contributed by atoms with Crippen molar-refractivity contribution < 1.29 is 14.7 Å². The Morgan fingerprint density at radius 2 is 2.04 bits per heavy atom. The minimum atomic E-state index is -0.905. The van der Waals surface area contributed by atoms with Crippen LogP contribution < -0.4 is 16.0 Å².